The molecule has 1 aliphatic carbocycles. The van der Waals surface area contributed by atoms with Crippen LogP contribution in [-0.4, -0.2) is 12.5 Å². The number of halogens is 2. The van der Waals surface area contributed by atoms with Crippen molar-refractivity contribution in [2.24, 2.45) is 5.92 Å². The van der Waals surface area contributed by atoms with Crippen LogP contribution in [0.1, 0.15) is 24.8 Å². The lowest BCUT2D eigenvalue weighted by molar-refractivity contribution is 0.410. The van der Waals surface area contributed by atoms with Gasteiger partial charge in [0.15, 0.2) is 0 Å². The van der Waals surface area contributed by atoms with Crippen LogP contribution in [0.5, 0.6) is 5.75 Å². The highest BCUT2D eigenvalue weighted by Gasteiger charge is 2.29. The molecular formula is C13H16ClFO. The second-order valence-corrected chi connectivity index (χ2v) is 4.91. The van der Waals surface area contributed by atoms with Crippen LogP contribution in [0.25, 0.3) is 0 Å². The van der Waals surface area contributed by atoms with Gasteiger partial charge in [0.2, 0.25) is 0 Å². The van der Waals surface area contributed by atoms with Gasteiger partial charge < -0.3 is 4.74 Å². The summed E-state index contributed by atoms with van der Waals surface area (Å²) in [5.41, 5.74) is 0.729. The van der Waals surface area contributed by atoms with Crippen molar-refractivity contribution in [3.05, 3.63) is 29.6 Å². The molecule has 0 heterocycles. The zero-order valence-corrected chi connectivity index (χ0v) is 10.1. The van der Waals surface area contributed by atoms with E-state index in [0.717, 1.165) is 12.0 Å². The predicted molar refractivity (Wildman–Crippen MR) is 63.6 cm³/mol. The maximum atomic E-state index is 13.6. The van der Waals surface area contributed by atoms with Gasteiger partial charge in [0, 0.05) is 11.4 Å². The summed E-state index contributed by atoms with van der Waals surface area (Å²) in [6, 6.07) is 5.00. The molecule has 0 bridgehead atoms. The van der Waals surface area contributed by atoms with E-state index in [1.54, 1.807) is 12.1 Å². The summed E-state index contributed by atoms with van der Waals surface area (Å²) in [7, 11) is 1.54. The largest absolute Gasteiger partial charge is 0.497 e. The van der Waals surface area contributed by atoms with Crippen molar-refractivity contribution in [3.63, 3.8) is 0 Å². The number of hydrogen-bond donors (Lipinski definition) is 0. The summed E-state index contributed by atoms with van der Waals surface area (Å²) in [6.07, 6.45) is 4.04. The Bertz CT molecular complexity index is 363. The molecule has 2 rings (SSSR count). The standard InChI is InChI=1S/C13H16ClFO/c1-16-11-6-4-10(13(15)8-11)5-7-12(14)9-2-3-9/h4,6,8-9,12H,2-3,5,7H2,1H3. The first-order valence-corrected chi connectivity index (χ1v) is 6.11. The molecule has 1 fully saturated rings. The predicted octanol–water partition coefficient (Wildman–Crippen LogP) is 3.78. The molecule has 1 aliphatic rings. The number of hydrogen-bond acceptors (Lipinski definition) is 1. The lowest BCUT2D eigenvalue weighted by atomic mass is 10.1. The van der Waals surface area contributed by atoms with Gasteiger partial charge in [0.1, 0.15) is 11.6 Å². The van der Waals surface area contributed by atoms with Gasteiger partial charge in [-0.1, -0.05) is 6.07 Å². The van der Waals surface area contributed by atoms with Gasteiger partial charge in [0.25, 0.3) is 0 Å². The Morgan fingerprint density at radius 2 is 2.25 bits per heavy atom. The van der Waals surface area contributed by atoms with Crippen LogP contribution in [0.2, 0.25) is 0 Å². The molecule has 0 spiro atoms. The van der Waals surface area contributed by atoms with E-state index in [1.807, 2.05) is 0 Å². The van der Waals surface area contributed by atoms with E-state index in [0.29, 0.717) is 18.1 Å². The summed E-state index contributed by atoms with van der Waals surface area (Å²) < 4.78 is 18.5. The molecule has 16 heavy (non-hydrogen) atoms. The fraction of sp³-hybridized carbons (Fsp3) is 0.538. The Morgan fingerprint density at radius 3 is 2.81 bits per heavy atom. The first-order valence-electron chi connectivity index (χ1n) is 5.67. The SMILES string of the molecule is COc1ccc(CCC(Cl)C2CC2)c(F)c1. The van der Waals surface area contributed by atoms with Crippen molar-refractivity contribution in [3.8, 4) is 5.75 Å². The third-order valence-corrected chi connectivity index (χ3v) is 3.66. The van der Waals surface area contributed by atoms with E-state index in [1.165, 1.54) is 26.0 Å². The van der Waals surface area contributed by atoms with Crippen LogP contribution >= 0.6 is 11.6 Å². The summed E-state index contributed by atoms with van der Waals surface area (Å²) >= 11 is 6.19. The number of ether oxygens (including phenoxy) is 1. The minimum atomic E-state index is -0.195. The van der Waals surface area contributed by atoms with Gasteiger partial charge in [-0.3, -0.25) is 0 Å². The molecule has 3 heteroatoms. The number of methoxy groups -OCH3 is 1. The Morgan fingerprint density at radius 1 is 1.50 bits per heavy atom. The van der Waals surface area contributed by atoms with Crippen LogP contribution < -0.4 is 4.74 Å². The van der Waals surface area contributed by atoms with E-state index in [2.05, 4.69) is 0 Å². The van der Waals surface area contributed by atoms with Crippen LogP contribution in [-0.2, 0) is 6.42 Å². The third kappa shape index (κ3) is 2.88. The maximum Gasteiger partial charge on any atom is 0.130 e. The molecule has 1 nitrogen and oxygen atoms in total. The Labute approximate surface area is 101 Å². The molecule has 0 radical (unpaired) electrons. The van der Waals surface area contributed by atoms with Crippen molar-refractivity contribution < 1.29 is 9.13 Å². The molecule has 0 saturated heterocycles. The highest BCUT2D eigenvalue weighted by molar-refractivity contribution is 6.20. The first kappa shape index (κ1) is 11.7. The normalized spacial score (nSPS) is 17.2. The molecule has 1 aromatic rings. The van der Waals surface area contributed by atoms with Crippen LogP contribution in [0.4, 0.5) is 4.39 Å². The van der Waals surface area contributed by atoms with Gasteiger partial charge in [-0.25, -0.2) is 4.39 Å². The first-order chi connectivity index (χ1) is 7.70. The number of benzene rings is 1. The topological polar surface area (TPSA) is 9.23 Å². The third-order valence-electron chi connectivity index (χ3n) is 3.08. The highest BCUT2D eigenvalue weighted by atomic mass is 35.5. The van der Waals surface area contributed by atoms with Crippen molar-refractivity contribution in [2.75, 3.05) is 7.11 Å². The molecule has 88 valence electrons. The lowest BCUT2D eigenvalue weighted by Crippen LogP contribution is -2.04. The molecule has 0 N–H and O–H groups in total. The van der Waals surface area contributed by atoms with Crippen LogP contribution in [0.15, 0.2) is 18.2 Å². The van der Waals surface area contributed by atoms with Crippen molar-refractivity contribution in [2.45, 2.75) is 31.1 Å². The lowest BCUT2D eigenvalue weighted by Gasteiger charge is -2.09. The summed E-state index contributed by atoms with van der Waals surface area (Å²) in [5, 5.41) is 0.210. The van der Waals surface area contributed by atoms with Gasteiger partial charge in [-0.05, 0) is 43.2 Å². The van der Waals surface area contributed by atoms with Crippen molar-refractivity contribution >= 4 is 11.6 Å². The fourth-order valence-corrected chi connectivity index (χ4v) is 2.21. The van der Waals surface area contributed by atoms with E-state index in [4.69, 9.17) is 16.3 Å². The molecule has 1 saturated carbocycles. The van der Waals surface area contributed by atoms with E-state index in [-0.39, 0.29) is 11.2 Å². The van der Waals surface area contributed by atoms with Crippen molar-refractivity contribution in [1.29, 1.82) is 0 Å². The average molecular weight is 243 g/mol. The average Bonchev–Trinajstić information content (AvgIpc) is 3.10. The monoisotopic (exact) mass is 242 g/mol. The second-order valence-electron chi connectivity index (χ2n) is 4.35. The summed E-state index contributed by atoms with van der Waals surface area (Å²) in [6.45, 7) is 0. The molecule has 1 atom stereocenters. The molecule has 0 aliphatic heterocycles. The fourth-order valence-electron chi connectivity index (χ4n) is 1.84. The summed E-state index contributed by atoms with van der Waals surface area (Å²) in [4.78, 5) is 0. The zero-order valence-electron chi connectivity index (χ0n) is 9.38. The van der Waals surface area contributed by atoms with E-state index >= 15 is 0 Å². The smallest absolute Gasteiger partial charge is 0.130 e. The molecule has 0 aromatic heterocycles. The number of aryl methyl sites for hydroxylation is 1. The highest BCUT2D eigenvalue weighted by Crippen LogP contribution is 2.37. The Balaban J connectivity index is 1.92. The van der Waals surface area contributed by atoms with Gasteiger partial charge in [-0.15, -0.1) is 11.6 Å². The Hall–Kier alpha value is -0.760. The minimum absolute atomic E-state index is 0.195. The number of alkyl halides is 1. The quantitative estimate of drug-likeness (QED) is 0.714. The van der Waals surface area contributed by atoms with Crippen LogP contribution in [0, 0.1) is 11.7 Å². The maximum absolute atomic E-state index is 13.6. The number of rotatable bonds is 5. The minimum Gasteiger partial charge on any atom is -0.497 e. The van der Waals surface area contributed by atoms with Gasteiger partial charge in [-0.2, -0.15) is 0 Å². The second kappa shape index (κ2) is 5.05. The van der Waals surface area contributed by atoms with E-state index < -0.39 is 0 Å². The van der Waals surface area contributed by atoms with E-state index in [9.17, 15) is 4.39 Å². The molecule has 1 unspecified atom stereocenters. The zero-order chi connectivity index (χ0) is 11.5. The Kier molecular flexibility index (Phi) is 3.70. The molecular weight excluding hydrogens is 227 g/mol. The van der Waals surface area contributed by atoms with Crippen molar-refractivity contribution in [1.82, 2.24) is 0 Å². The van der Waals surface area contributed by atoms with Crippen LogP contribution in [0.3, 0.4) is 0 Å². The van der Waals surface area contributed by atoms with Gasteiger partial charge in [0.05, 0.1) is 7.11 Å². The van der Waals surface area contributed by atoms with Gasteiger partial charge >= 0.3 is 0 Å². The summed E-state index contributed by atoms with van der Waals surface area (Å²) in [5.74, 6) is 1.04. The molecule has 1 aromatic carbocycles. The molecule has 0 amide bonds.